The molecule has 1 rings (SSSR count). The number of quaternary nitrogens is 1. The second-order valence-corrected chi connectivity index (χ2v) is 5.83. The summed E-state index contributed by atoms with van der Waals surface area (Å²) in [5.74, 6) is 0. The zero-order valence-corrected chi connectivity index (χ0v) is 11.5. The molecule has 1 nitrogen and oxygen atoms in total. The van der Waals surface area contributed by atoms with E-state index >= 15 is 0 Å². The van der Waals surface area contributed by atoms with Crippen molar-refractivity contribution in [3.63, 3.8) is 0 Å². The Bertz CT molecular complexity index is 304. The van der Waals surface area contributed by atoms with Gasteiger partial charge in [0.2, 0.25) is 0 Å². The molecule has 0 bridgehead atoms. The number of hydrogen-bond donors (Lipinski definition) is 0. The maximum Gasteiger partial charge on any atom is 0.132 e. The molecule has 0 aliphatic heterocycles. The van der Waals surface area contributed by atoms with E-state index in [1.54, 1.807) is 0 Å². The van der Waals surface area contributed by atoms with E-state index in [-0.39, 0.29) is 0 Å². The summed E-state index contributed by atoms with van der Waals surface area (Å²) in [6, 6.07) is 10.9. The van der Waals surface area contributed by atoms with Crippen LogP contribution in [0.25, 0.3) is 0 Å². The number of nitrogens with zero attached hydrogens (tertiary/aromatic N) is 1. The van der Waals surface area contributed by atoms with Gasteiger partial charge in [-0.1, -0.05) is 39.0 Å². The zero-order chi connectivity index (χ0) is 12.2. The molecule has 0 N–H and O–H groups in total. The minimum absolute atomic E-state index is 0.363. The summed E-state index contributed by atoms with van der Waals surface area (Å²) in [5, 5.41) is 0. The average Bonchev–Trinajstić information content (AvgIpc) is 2.26. The first kappa shape index (κ1) is 13.2. The Hall–Kier alpha value is -0.820. The van der Waals surface area contributed by atoms with Gasteiger partial charge in [0.05, 0.1) is 19.6 Å². The maximum absolute atomic E-state index is 2.33. The van der Waals surface area contributed by atoms with E-state index in [0.29, 0.717) is 5.41 Å². The second-order valence-electron chi connectivity index (χ2n) is 5.83. The Morgan fingerprint density at radius 2 is 1.44 bits per heavy atom. The van der Waals surface area contributed by atoms with E-state index in [1.165, 1.54) is 12.2 Å². The quantitative estimate of drug-likeness (QED) is 0.671. The lowest BCUT2D eigenvalue weighted by molar-refractivity contribution is 0.208. The first-order valence-electron chi connectivity index (χ1n) is 6.35. The van der Waals surface area contributed by atoms with Crippen molar-refractivity contribution in [2.75, 3.05) is 19.6 Å². The Morgan fingerprint density at radius 3 is 1.81 bits per heavy atom. The number of hydrogen-bond acceptors (Lipinski definition) is 0. The molecule has 0 heterocycles. The summed E-state index contributed by atoms with van der Waals surface area (Å²) in [6.07, 6.45) is 0. The van der Waals surface area contributed by atoms with Gasteiger partial charge in [0, 0.05) is 5.41 Å². The normalized spacial score (nSPS) is 12.8. The van der Waals surface area contributed by atoms with E-state index in [0.717, 1.165) is 17.6 Å². The van der Waals surface area contributed by atoms with Gasteiger partial charge in [-0.05, 0) is 26.0 Å². The van der Waals surface area contributed by atoms with E-state index in [1.807, 2.05) is 0 Å². The highest BCUT2D eigenvalue weighted by Crippen LogP contribution is 2.28. The van der Waals surface area contributed by atoms with Gasteiger partial charge in [0.15, 0.2) is 0 Å². The van der Waals surface area contributed by atoms with Gasteiger partial charge in [-0.3, -0.25) is 4.48 Å². The molecule has 0 aliphatic rings. The summed E-state index contributed by atoms with van der Waals surface area (Å²) in [4.78, 5) is 0. The van der Waals surface area contributed by atoms with Crippen molar-refractivity contribution in [1.29, 1.82) is 0 Å². The summed E-state index contributed by atoms with van der Waals surface area (Å²) in [7, 11) is 0. The predicted molar refractivity (Wildman–Crippen MR) is 73.6 cm³/mol. The summed E-state index contributed by atoms with van der Waals surface area (Å²) in [6.45, 7) is 15.1. The average molecular weight is 220 g/mol. The smallest absolute Gasteiger partial charge is 0.132 e. The highest BCUT2D eigenvalue weighted by molar-refractivity contribution is 5.42. The van der Waals surface area contributed by atoms with Crippen molar-refractivity contribution in [2.45, 2.75) is 34.6 Å². The fourth-order valence-corrected chi connectivity index (χ4v) is 2.56. The number of para-hydroxylation sites is 1. The van der Waals surface area contributed by atoms with Crippen LogP contribution in [0.4, 0.5) is 5.69 Å². The number of benzene rings is 1. The van der Waals surface area contributed by atoms with Crippen LogP contribution in [0, 0.1) is 5.41 Å². The molecule has 1 heteroatoms. The third kappa shape index (κ3) is 3.08. The molecule has 16 heavy (non-hydrogen) atoms. The summed E-state index contributed by atoms with van der Waals surface area (Å²) < 4.78 is 1.09. The SMILES string of the molecule is CC[N+](CC)(CC(C)(C)C)c1ccccc1. The van der Waals surface area contributed by atoms with Gasteiger partial charge < -0.3 is 0 Å². The summed E-state index contributed by atoms with van der Waals surface area (Å²) >= 11 is 0. The van der Waals surface area contributed by atoms with Crippen LogP contribution in [-0.2, 0) is 0 Å². The molecule has 1 aromatic carbocycles. The highest BCUT2D eigenvalue weighted by atomic mass is 15.4. The molecular weight excluding hydrogens is 194 g/mol. The molecule has 0 spiro atoms. The molecule has 0 unspecified atom stereocenters. The lowest BCUT2D eigenvalue weighted by Gasteiger charge is -2.41. The molecular formula is C15H26N+. The maximum atomic E-state index is 2.33. The predicted octanol–water partition coefficient (Wildman–Crippen LogP) is 4.08. The third-order valence-electron chi connectivity index (χ3n) is 3.29. The molecule has 0 radical (unpaired) electrons. The Balaban J connectivity index is 3.06. The molecule has 0 atom stereocenters. The second kappa shape index (κ2) is 5.01. The van der Waals surface area contributed by atoms with Crippen LogP contribution in [-0.4, -0.2) is 19.6 Å². The zero-order valence-electron chi connectivity index (χ0n) is 11.5. The van der Waals surface area contributed by atoms with Gasteiger partial charge in [0.1, 0.15) is 5.69 Å². The largest absolute Gasteiger partial charge is 0.291 e. The van der Waals surface area contributed by atoms with Crippen LogP contribution < -0.4 is 4.48 Å². The molecule has 0 saturated carbocycles. The minimum Gasteiger partial charge on any atom is -0.291 e. The molecule has 0 saturated heterocycles. The first-order valence-corrected chi connectivity index (χ1v) is 6.35. The van der Waals surface area contributed by atoms with Gasteiger partial charge in [-0.25, -0.2) is 0 Å². The van der Waals surface area contributed by atoms with E-state index < -0.39 is 0 Å². The van der Waals surface area contributed by atoms with Crippen LogP contribution in [0.1, 0.15) is 34.6 Å². The number of rotatable bonds is 4. The van der Waals surface area contributed by atoms with Crippen molar-refractivity contribution >= 4 is 5.69 Å². The fourth-order valence-electron chi connectivity index (χ4n) is 2.56. The van der Waals surface area contributed by atoms with Crippen molar-refractivity contribution in [3.8, 4) is 0 Å². The van der Waals surface area contributed by atoms with Crippen LogP contribution in [0.2, 0.25) is 0 Å². The van der Waals surface area contributed by atoms with Crippen LogP contribution >= 0.6 is 0 Å². The molecule has 0 amide bonds. The molecule has 0 aromatic heterocycles. The van der Waals surface area contributed by atoms with Crippen molar-refractivity contribution in [1.82, 2.24) is 4.48 Å². The van der Waals surface area contributed by atoms with Crippen LogP contribution in [0.15, 0.2) is 30.3 Å². The topological polar surface area (TPSA) is 0 Å². The fraction of sp³-hybridized carbons (Fsp3) is 0.600. The summed E-state index contributed by atoms with van der Waals surface area (Å²) in [5.41, 5.74) is 1.81. The van der Waals surface area contributed by atoms with Crippen molar-refractivity contribution < 1.29 is 0 Å². The van der Waals surface area contributed by atoms with Crippen molar-refractivity contribution in [2.24, 2.45) is 5.41 Å². The Kier molecular flexibility index (Phi) is 4.15. The molecule has 0 fully saturated rings. The lowest BCUT2D eigenvalue weighted by atomic mass is 9.94. The standard InChI is InChI=1S/C15H26N/c1-6-16(7-2,13-15(3,4)5)14-11-9-8-10-12-14/h8-12H,6-7,13H2,1-5H3/q+1. The Morgan fingerprint density at radius 1 is 0.938 bits per heavy atom. The van der Waals surface area contributed by atoms with Crippen LogP contribution in [0.5, 0.6) is 0 Å². The first-order chi connectivity index (χ1) is 7.43. The Labute approximate surface area is 101 Å². The van der Waals surface area contributed by atoms with Gasteiger partial charge >= 0.3 is 0 Å². The van der Waals surface area contributed by atoms with Gasteiger partial charge in [0.25, 0.3) is 0 Å². The van der Waals surface area contributed by atoms with E-state index in [4.69, 9.17) is 0 Å². The van der Waals surface area contributed by atoms with Crippen LogP contribution in [0.3, 0.4) is 0 Å². The molecule has 1 aromatic rings. The third-order valence-corrected chi connectivity index (χ3v) is 3.29. The van der Waals surface area contributed by atoms with Gasteiger partial charge in [-0.15, -0.1) is 0 Å². The minimum atomic E-state index is 0.363. The molecule has 90 valence electrons. The van der Waals surface area contributed by atoms with E-state index in [2.05, 4.69) is 65.0 Å². The molecule has 0 aliphatic carbocycles. The highest BCUT2D eigenvalue weighted by Gasteiger charge is 2.31. The lowest BCUT2D eigenvalue weighted by Crippen LogP contribution is -2.53. The van der Waals surface area contributed by atoms with Gasteiger partial charge in [-0.2, -0.15) is 0 Å². The van der Waals surface area contributed by atoms with Crippen molar-refractivity contribution in [3.05, 3.63) is 30.3 Å². The van der Waals surface area contributed by atoms with E-state index in [9.17, 15) is 0 Å². The monoisotopic (exact) mass is 220 g/mol.